The van der Waals surface area contributed by atoms with Crippen LogP contribution in [0.5, 0.6) is 0 Å². The summed E-state index contributed by atoms with van der Waals surface area (Å²) in [5, 5.41) is 10.1. The van der Waals surface area contributed by atoms with Gasteiger partial charge in [0, 0.05) is 54.6 Å². The highest BCUT2D eigenvalue weighted by Gasteiger charge is 2.37. The van der Waals surface area contributed by atoms with E-state index in [0.717, 1.165) is 57.6 Å². The molecule has 4 aromatic rings. The van der Waals surface area contributed by atoms with E-state index in [-0.39, 0.29) is 13.0 Å². The minimum absolute atomic E-state index is 0.0822. The van der Waals surface area contributed by atoms with Gasteiger partial charge in [-0.3, -0.25) is 10.00 Å². The molecule has 2 N–H and O–H groups in total. The predicted molar refractivity (Wildman–Crippen MR) is 157 cm³/mol. The number of hydrogen-bond acceptors (Lipinski definition) is 3. The summed E-state index contributed by atoms with van der Waals surface area (Å²) >= 11 is 0. The molecule has 7 heteroatoms. The molecule has 0 spiro atoms. The quantitative estimate of drug-likeness (QED) is 0.244. The summed E-state index contributed by atoms with van der Waals surface area (Å²) < 4.78 is 27.4. The number of aromatic amines is 2. The van der Waals surface area contributed by atoms with Gasteiger partial charge in [-0.25, -0.2) is 8.78 Å². The lowest BCUT2D eigenvalue weighted by atomic mass is 10.00. The van der Waals surface area contributed by atoms with Crippen molar-refractivity contribution in [1.82, 2.24) is 20.1 Å². The molecule has 6 rings (SSSR count). The van der Waals surface area contributed by atoms with Gasteiger partial charge in [0.2, 0.25) is 0 Å². The number of piperidine rings is 1. The van der Waals surface area contributed by atoms with Gasteiger partial charge in [-0.2, -0.15) is 5.10 Å². The maximum absolute atomic E-state index is 13.7. The van der Waals surface area contributed by atoms with Crippen molar-refractivity contribution < 1.29 is 8.78 Å². The predicted octanol–water partition coefficient (Wildman–Crippen LogP) is 7.56. The molecule has 0 unspecified atom stereocenters. The molecule has 0 saturated carbocycles. The van der Waals surface area contributed by atoms with Gasteiger partial charge >= 0.3 is 0 Å². The Morgan fingerprint density at radius 2 is 1.90 bits per heavy atom. The van der Waals surface area contributed by atoms with Gasteiger partial charge in [-0.1, -0.05) is 36.9 Å². The molecule has 2 aliphatic heterocycles. The zero-order valence-corrected chi connectivity index (χ0v) is 22.4. The van der Waals surface area contributed by atoms with Crippen LogP contribution in [0.1, 0.15) is 38.2 Å². The van der Waals surface area contributed by atoms with Crippen molar-refractivity contribution in [3.8, 4) is 11.4 Å². The molecule has 0 radical (unpaired) electrons. The topological polar surface area (TPSA) is 51.0 Å². The van der Waals surface area contributed by atoms with Crippen LogP contribution in [0.15, 0.2) is 72.8 Å². The van der Waals surface area contributed by atoms with Crippen molar-refractivity contribution in [3.05, 3.63) is 78.4 Å². The number of rotatable bonds is 7. The van der Waals surface area contributed by atoms with E-state index in [9.17, 15) is 8.78 Å². The molecule has 0 bridgehead atoms. The number of anilines is 1. The average molecular weight is 528 g/mol. The van der Waals surface area contributed by atoms with Gasteiger partial charge in [0.15, 0.2) is 0 Å². The highest BCUT2D eigenvalue weighted by Crippen LogP contribution is 2.35. The van der Waals surface area contributed by atoms with Gasteiger partial charge in [0.05, 0.1) is 17.8 Å². The number of aromatic nitrogens is 3. The molecule has 2 aromatic carbocycles. The van der Waals surface area contributed by atoms with E-state index >= 15 is 0 Å². The van der Waals surface area contributed by atoms with E-state index in [4.69, 9.17) is 0 Å². The third-order valence-corrected chi connectivity index (χ3v) is 8.06. The molecule has 2 aliphatic rings. The minimum atomic E-state index is -2.60. The third-order valence-electron chi connectivity index (χ3n) is 8.06. The van der Waals surface area contributed by atoms with Crippen molar-refractivity contribution in [2.45, 2.75) is 38.5 Å². The van der Waals surface area contributed by atoms with Crippen LogP contribution in [0.25, 0.3) is 38.8 Å². The van der Waals surface area contributed by atoms with Crippen LogP contribution >= 0.6 is 0 Å². The normalized spacial score (nSPS) is 18.9. The molecule has 4 heterocycles. The van der Waals surface area contributed by atoms with Crippen LogP contribution in [0.3, 0.4) is 0 Å². The lowest BCUT2D eigenvalue weighted by Crippen LogP contribution is -2.29. The van der Waals surface area contributed by atoms with Crippen LogP contribution in [0, 0.1) is 0 Å². The molecule has 2 aromatic heterocycles. The van der Waals surface area contributed by atoms with Gasteiger partial charge in [-0.15, -0.1) is 0 Å². The average Bonchev–Trinajstić information content (AvgIpc) is 3.66. The summed E-state index contributed by atoms with van der Waals surface area (Å²) in [7, 11) is 0. The summed E-state index contributed by atoms with van der Waals surface area (Å²) in [5.74, 6) is -2.60. The Bertz CT molecular complexity index is 1570. The summed E-state index contributed by atoms with van der Waals surface area (Å²) in [6.07, 6.45) is 9.57. The molecule has 0 amide bonds. The number of hydrogen-bond donors (Lipinski definition) is 2. The van der Waals surface area contributed by atoms with Crippen LogP contribution in [0.4, 0.5) is 14.5 Å². The lowest BCUT2D eigenvalue weighted by molar-refractivity contribution is 0.0131. The van der Waals surface area contributed by atoms with E-state index in [1.165, 1.54) is 30.3 Å². The van der Waals surface area contributed by atoms with E-state index < -0.39 is 5.92 Å². The molecule has 202 valence electrons. The van der Waals surface area contributed by atoms with Crippen LogP contribution in [0.2, 0.25) is 0 Å². The zero-order valence-electron chi connectivity index (χ0n) is 22.4. The first-order valence-corrected chi connectivity index (χ1v) is 13.9. The number of likely N-dealkylation sites (tertiary alicyclic amines) is 1. The number of fused-ring (bicyclic) bond motifs is 2. The number of alkyl halides is 2. The zero-order chi connectivity index (χ0) is 27.0. The Balaban J connectivity index is 1.32. The Morgan fingerprint density at radius 3 is 2.64 bits per heavy atom. The summed E-state index contributed by atoms with van der Waals surface area (Å²) in [4.78, 5) is 7.90. The monoisotopic (exact) mass is 527 g/mol. The fourth-order valence-corrected chi connectivity index (χ4v) is 5.98. The third kappa shape index (κ3) is 5.15. The Morgan fingerprint density at radius 1 is 1.05 bits per heavy atom. The van der Waals surface area contributed by atoms with Gasteiger partial charge < -0.3 is 9.88 Å². The fourth-order valence-electron chi connectivity index (χ4n) is 5.98. The second-order valence-corrected chi connectivity index (χ2v) is 10.8. The lowest BCUT2D eigenvalue weighted by Gasteiger charge is -2.29. The van der Waals surface area contributed by atoms with Crippen molar-refractivity contribution in [2.24, 2.45) is 0 Å². The summed E-state index contributed by atoms with van der Waals surface area (Å²) in [6.45, 7) is 8.80. The van der Waals surface area contributed by atoms with E-state index in [0.29, 0.717) is 13.1 Å². The summed E-state index contributed by atoms with van der Waals surface area (Å²) in [5.41, 5.74) is 8.22. The highest BCUT2D eigenvalue weighted by atomic mass is 19.3. The van der Waals surface area contributed by atoms with E-state index in [1.54, 1.807) is 11.0 Å². The van der Waals surface area contributed by atoms with E-state index in [2.05, 4.69) is 81.3 Å². The van der Waals surface area contributed by atoms with Crippen molar-refractivity contribution in [1.29, 1.82) is 0 Å². The van der Waals surface area contributed by atoms with Crippen molar-refractivity contribution >= 4 is 33.1 Å². The second-order valence-electron chi connectivity index (χ2n) is 10.8. The SMILES string of the molecule is C=C/C(=C\C(=C/C)c1ccc2[nH]nc(-c3cc4c(N5CCCCC5)cccc4[nH]3)c2c1)CN1CCC(F)(F)C1. The first kappa shape index (κ1) is 25.6. The number of nitrogens with zero attached hydrogens (tertiary/aromatic N) is 3. The molecule has 2 saturated heterocycles. The molecular formula is C32H35F2N5. The van der Waals surface area contributed by atoms with Crippen LogP contribution < -0.4 is 4.90 Å². The van der Waals surface area contributed by atoms with Crippen molar-refractivity contribution in [2.75, 3.05) is 37.6 Å². The standard InChI is InChI=1S/C32H35F2N5/c1-3-22(20-38-16-13-32(33,34)21-38)17-23(4-2)24-11-12-28-26(18-24)31(37-36-28)29-19-25-27(35-29)9-8-10-30(25)39-14-6-5-7-15-39/h3-4,8-12,17-19,35H,1,5-7,13-16,20-21H2,2H3,(H,36,37)/b22-17+,23-4+. The summed E-state index contributed by atoms with van der Waals surface area (Å²) in [6, 6.07) is 15.0. The number of H-pyrrole nitrogens is 2. The van der Waals surface area contributed by atoms with Gasteiger partial charge in [0.1, 0.15) is 5.69 Å². The fraction of sp³-hybridized carbons (Fsp3) is 0.344. The Labute approximate surface area is 227 Å². The maximum Gasteiger partial charge on any atom is 0.261 e. The minimum Gasteiger partial charge on any atom is -0.371 e. The van der Waals surface area contributed by atoms with E-state index in [1.807, 2.05) is 6.92 Å². The molecule has 2 fully saturated rings. The van der Waals surface area contributed by atoms with Crippen molar-refractivity contribution in [3.63, 3.8) is 0 Å². The number of benzene rings is 2. The maximum atomic E-state index is 13.7. The molecule has 39 heavy (non-hydrogen) atoms. The Kier molecular flexibility index (Phi) is 6.85. The first-order valence-electron chi connectivity index (χ1n) is 13.9. The highest BCUT2D eigenvalue weighted by molar-refractivity contribution is 6.00. The second kappa shape index (κ2) is 10.5. The first-order chi connectivity index (χ1) is 18.9. The Hall–Kier alpha value is -3.71. The van der Waals surface area contributed by atoms with Crippen LogP contribution in [-0.2, 0) is 0 Å². The largest absolute Gasteiger partial charge is 0.371 e. The number of nitrogens with one attached hydrogen (secondary N) is 2. The smallest absolute Gasteiger partial charge is 0.261 e. The number of allylic oxidation sites excluding steroid dienone is 3. The molecule has 0 atom stereocenters. The molecular weight excluding hydrogens is 492 g/mol. The van der Waals surface area contributed by atoms with Gasteiger partial charge in [0.25, 0.3) is 5.92 Å². The van der Waals surface area contributed by atoms with Gasteiger partial charge in [-0.05, 0) is 73.2 Å². The van der Waals surface area contributed by atoms with Crippen LogP contribution in [-0.4, -0.2) is 58.7 Å². The molecule has 0 aliphatic carbocycles. The number of halogens is 2. The molecule has 5 nitrogen and oxygen atoms in total.